The predicted molar refractivity (Wildman–Crippen MR) is 88.5 cm³/mol. The Morgan fingerprint density at radius 2 is 2.18 bits per heavy atom. The lowest BCUT2D eigenvalue weighted by Gasteiger charge is -2.26. The molecule has 1 aromatic heterocycles. The molecule has 1 aliphatic rings. The van der Waals surface area contributed by atoms with Crippen LogP contribution >= 0.6 is 0 Å². The van der Waals surface area contributed by atoms with Crippen molar-refractivity contribution in [3.63, 3.8) is 0 Å². The van der Waals surface area contributed by atoms with Gasteiger partial charge >= 0.3 is 0 Å². The molecule has 0 bridgehead atoms. The molecule has 0 unspecified atom stereocenters. The molecule has 22 heavy (non-hydrogen) atoms. The molecule has 1 N–H and O–H groups in total. The van der Waals surface area contributed by atoms with E-state index in [1.54, 1.807) is 7.11 Å². The number of nitrogens with zero attached hydrogens (tertiary/aromatic N) is 2. The minimum Gasteiger partial charge on any atom is -0.497 e. The summed E-state index contributed by atoms with van der Waals surface area (Å²) >= 11 is 0. The maximum atomic E-state index is 5.34. The maximum Gasteiger partial charge on any atom is 0.119 e. The third-order valence-corrected chi connectivity index (χ3v) is 4.77. The second-order valence-corrected chi connectivity index (χ2v) is 6.14. The zero-order valence-electron chi connectivity index (χ0n) is 13.7. The molecule has 0 saturated heterocycles. The number of benzene rings is 1. The zero-order chi connectivity index (χ0) is 15.5. The molecule has 1 atom stereocenters. The molecule has 0 spiro atoms. The van der Waals surface area contributed by atoms with Crippen molar-refractivity contribution in [2.24, 2.45) is 0 Å². The van der Waals surface area contributed by atoms with Crippen molar-refractivity contribution in [3.8, 4) is 5.75 Å². The molecule has 4 nitrogen and oxygen atoms in total. The molecular formula is C18H25N3O. The number of hydrogen-bond acceptors (Lipinski definition) is 3. The third-order valence-electron chi connectivity index (χ3n) is 4.77. The van der Waals surface area contributed by atoms with E-state index in [2.05, 4.69) is 46.9 Å². The summed E-state index contributed by atoms with van der Waals surface area (Å²) in [6.45, 7) is 6.16. The van der Waals surface area contributed by atoms with Crippen LogP contribution in [0.25, 0.3) is 0 Å². The minimum atomic E-state index is 0.560. The Morgan fingerprint density at radius 3 is 2.91 bits per heavy atom. The lowest BCUT2D eigenvalue weighted by Crippen LogP contribution is -2.36. The number of nitrogens with one attached hydrogen (secondary N) is 1. The predicted octanol–water partition coefficient (Wildman–Crippen LogP) is 2.66. The first-order valence-corrected chi connectivity index (χ1v) is 8.05. The quantitative estimate of drug-likeness (QED) is 0.922. The van der Waals surface area contributed by atoms with E-state index in [1.165, 1.54) is 23.2 Å². The summed E-state index contributed by atoms with van der Waals surface area (Å²) < 4.78 is 7.56. The van der Waals surface area contributed by atoms with E-state index in [0.717, 1.165) is 37.4 Å². The highest BCUT2D eigenvalue weighted by Gasteiger charge is 2.18. The van der Waals surface area contributed by atoms with Gasteiger partial charge in [0.2, 0.25) is 0 Å². The van der Waals surface area contributed by atoms with E-state index in [1.807, 2.05) is 6.33 Å². The van der Waals surface area contributed by atoms with Crippen LogP contribution in [0, 0.1) is 13.8 Å². The molecule has 0 aliphatic heterocycles. The molecule has 0 radical (unpaired) electrons. The number of rotatable bonds is 5. The van der Waals surface area contributed by atoms with Crippen LogP contribution in [0.15, 0.2) is 24.5 Å². The third kappa shape index (κ3) is 3.17. The Kier molecular flexibility index (Phi) is 4.48. The van der Waals surface area contributed by atoms with E-state index >= 15 is 0 Å². The van der Waals surface area contributed by atoms with Crippen molar-refractivity contribution in [1.82, 2.24) is 14.9 Å². The highest BCUT2D eigenvalue weighted by molar-refractivity contribution is 5.37. The van der Waals surface area contributed by atoms with E-state index in [9.17, 15) is 0 Å². The number of aryl methyl sites for hydroxylation is 2. The smallest absolute Gasteiger partial charge is 0.119 e. The molecule has 1 aliphatic carbocycles. The van der Waals surface area contributed by atoms with Crippen molar-refractivity contribution in [2.45, 2.75) is 45.7 Å². The summed E-state index contributed by atoms with van der Waals surface area (Å²) in [5.41, 5.74) is 5.29. The number of hydrogen-bond donors (Lipinski definition) is 1. The summed E-state index contributed by atoms with van der Waals surface area (Å²) in [5, 5.41) is 3.70. The SMILES string of the molecule is COc1ccc2c(c1)C[C@@H](NCCn1cnc(C)c1C)CC2. The van der Waals surface area contributed by atoms with Crippen molar-refractivity contribution in [2.75, 3.05) is 13.7 Å². The molecule has 118 valence electrons. The molecule has 3 rings (SSSR count). The monoisotopic (exact) mass is 299 g/mol. The fourth-order valence-electron chi connectivity index (χ4n) is 3.19. The largest absolute Gasteiger partial charge is 0.497 e. The van der Waals surface area contributed by atoms with Crippen LogP contribution in [0.3, 0.4) is 0 Å². The number of methoxy groups -OCH3 is 1. The molecule has 0 fully saturated rings. The van der Waals surface area contributed by atoms with Gasteiger partial charge in [0.25, 0.3) is 0 Å². The van der Waals surface area contributed by atoms with Crippen LogP contribution in [0.4, 0.5) is 0 Å². The molecule has 1 heterocycles. The van der Waals surface area contributed by atoms with Gasteiger partial charge in [-0.25, -0.2) is 4.98 Å². The second kappa shape index (κ2) is 6.53. The van der Waals surface area contributed by atoms with Crippen LogP contribution in [-0.2, 0) is 19.4 Å². The van der Waals surface area contributed by atoms with Gasteiger partial charge in [0.1, 0.15) is 5.75 Å². The Hall–Kier alpha value is -1.81. The minimum absolute atomic E-state index is 0.560. The topological polar surface area (TPSA) is 39.1 Å². The Morgan fingerprint density at radius 1 is 1.32 bits per heavy atom. The van der Waals surface area contributed by atoms with Crippen molar-refractivity contribution in [1.29, 1.82) is 0 Å². The second-order valence-electron chi connectivity index (χ2n) is 6.14. The Bertz CT molecular complexity index is 648. The highest BCUT2D eigenvalue weighted by atomic mass is 16.5. The van der Waals surface area contributed by atoms with Crippen LogP contribution < -0.4 is 10.1 Å². The summed E-state index contributed by atoms with van der Waals surface area (Å²) in [5.74, 6) is 0.962. The summed E-state index contributed by atoms with van der Waals surface area (Å²) in [6.07, 6.45) is 5.39. The normalized spacial score (nSPS) is 17.3. The molecule has 2 aromatic rings. The van der Waals surface area contributed by atoms with Crippen molar-refractivity contribution in [3.05, 3.63) is 47.0 Å². The Balaban J connectivity index is 1.55. The fraction of sp³-hybridized carbons (Fsp3) is 0.500. The van der Waals surface area contributed by atoms with Gasteiger partial charge in [-0.3, -0.25) is 0 Å². The van der Waals surface area contributed by atoms with Gasteiger partial charge < -0.3 is 14.6 Å². The lowest BCUT2D eigenvalue weighted by atomic mass is 9.88. The Labute approximate surface area is 132 Å². The number of ether oxygens (including phenoxy) is 1. The lowest BCUT2D eigenvalue weighted by molar-refractivity contribution is 0.410. The molecule has 1 aromatic carbocycles. The summed E-state index contributed by atoms with van der Waals surface area (Å²) in [6, 6.07) is 7.02. The summed E-state index contributed by atoms with van der Waals surface area (Å²) in [4.78, 5) is 4.35. The zero-order valence-corrected chi connectivity index (χ0v) is 13.7. The fourth-order valence-corrected chi connectivity index (χ4v) is 3.19. The standard InChI is InChI=1S/C18H25N3O/c1-13-14(2)21(12-20-13)9-8-19-17-6-4-15-5-7-18(22-3)11-16(15)10-17/h5,7,11-12,17,19H,4,6,8-10H2,1-3H3/t17-/m0/s1. The number of fused-ring (bicyclic) bond motifs is 1. The number of imidazole rings is 1. The van der Waals surface area contributed by atoms with Crippen molar-refractivity contribution >= 4 is 0 Å². The van der Waals surface area contributed by atoms with Gasteiger partial charge in [0.15, 0.2) is 0 Å². The summed E-state index contributed by atoms with van der Waals surface area (Å²) in [7, 11) is 1.73. The van der Waals surface area contributed by atoms with E-state index in [4.69, 9.17) is 4.74 Å². The van der Waals surface area contributed by atoms with E-state index in [-0.39, 0.29) is 0 Å². The van der Waals surface area contributed by atoms with Crippen molar-refractivity contribution < 1.29 is 4.74 Å². The molecular weight excluding hydrogens is 274 g/mol. The van der Waals surface area contributed by atoms with E-state index in [0.29, 0.717) is 6.04 Å². The number of aromatic nitrogens is 2. The molecule has 0 amide bonds. The average Bonchev–Trinajstić information content (AvgIpc) is 2.86. The van der Waals surface area contributed by atoms with Crippen LogP contribution in [0.1, 0.15) is 28.9 Å². The average molecular weight is 299 g/mol. The van der Waals surface area contributed by atoms with E-state index < -0.39 is 0 Å². The van der Waals surface area contributed by atoms with Gasteiger partial charge in [-0.2, -0.15) is 0 Å². The first-order chi connectivity index (χ1) is 10.7. The molecule has 4 heteroatoms. The van der Waals surface area contributed by atoms with Crippen LogP contribution in [-0.4, -0.2) is 29.2 Å². The highest BCUT2D eigenvalue weighted by Crippen LogP contribution is 2.25. The van der Waals surface area contributed by atoms with Gasteiger partial charge in [-0.15, -0.1) is 0 Å². The maximum absolute atomic E-state index is 5.34. The van der Waals surface area contributed by atoms with Gasteiger partial charge in [-0.1, -0.05) is 6.07 Å². The van der Waals surface area contributed by atoms with Crippen LogP contribution in [0.5, 0.6) is 5.75 Å². The van der Waals surface area contributed by atoms with Gasteiger partial charge in [0.05, 0.1) is 19.1 Å². The van der Waals surface area contributed by atoms with Gasteiger partial charge in [-0.05, 0) is 56.4 Å². The molecule has 0 saturated carbocycles. The first-order valence-electron chi connectivity index (χ1n) is 8.05. The first kappa shape index (κ1) is 15.1. The van der Waals surface area contributed by atoms with Crippen LogP contribution in [0.2, 0.25) is 0 Å². The van der Waals surface area contributed by atoms with Gasteiger partial charge in [0, 0.05) is 24.8 Å².